The van der Waals surface area contributed by atoms with Crippen LogP contribution in [0.4, 0.5) is 17.5 Å². The van der Waals surface area contributed by atoms with E-state index in [1.165, 1.54) is 6.20 Å². The number of hydrogen-bond acceptors (Lipinski definition) is 6. The van der Waals surface area contributed by atoms with Gasteiger partial charge >= 0.3 is 5.69 Å². The first kappa shape index (κ1) is 16.1. The largest absolute Gasteiger partial charge is 0.357 e. The molecule has 7 nitrogen and oxygen atoms in total. The van der Waals surface area contributed by atoms with E-state index in [0.29, 0.717) is 23.6 Å². The number of rotatable bonds is 7. The minimum atomic E-state index is -0.428. The zero-order chi connectivity index (χ0) is 15.3. The molecule has 1 rings (SSSR count). The molecule has 1 aromatic heterocycles. The van der Waals surface area contributed by atoms with Gasteiger partial charge in [0, 0.05) is 20.1 Å². The maximum Gasteiger partial charge on any atom is 0.329 e. The molecule has 1 N–H and O–H groups in total. The van der Waals surface area contributed by atoms with Crippen molar-refractivity contribution in [3.05, 3.63) is 16.3 Å². The number of aromatic nitrogens is 2. The van der Waals surface area contributed by atoms with Crippen molar-refractivity contribution in [1.82, 2.24) is 9.97 Å². The van der Waals surface area contributed by atoms with E-state index in [4.69, 9.17) is 0 Å². The van der Waals surface area contributed by atoms with Gasteiger partial charge < -0.3 is 10.2 Å². The van der Waals surface area contributed by atoms with Crippen LogP contribution in [0.5, 0.6) is 0 Å². The third kappa shape index (κ3) is 4.32. The van der Waals surface area contributed by atoms with Crippen molar-refractivity contribution in [2.24, 2.45) is 11.8 Å². The van der Waals surface area contributed by atoms with Gasteiger partial charge in [-0.3, -0.25) is 10.1 Å². The minimum absolute atomic E-state index is 0.0506. The normalized spacial score (nSPS) is 10.9. The van der Waals surface area contributed by atoms with Crippen LogP contribution in [0.2, 0.25) is 0 Å². The van der Waals surface area contributed by atoms with E-state index in [1.807, 2.05) is 4.90 Å². The fourth-order valence-corrected chi connectivity index (χ4v) is 1.98. The summed E-state index contributed by atoms with van der Waals surface area (Å²) in [6.07, 6.45) is 1.27. The lowest BCUT2D eigenvalue weighted by molar-refractivity contribution is -0.384. The maximum atomic E-state index is 11.2. The van der Waals surface area contributed by atoms with Crippen molar-refractivity contribution in [1.29, 1.82) is 0 Å². The highest BCUT2D eigenvalue weighted by Gasteiger charge is 2.23. The molecule has 0 amide bonds. The second kappa shape index (κ2) is 7.02. The predicted octanol–water partition coefficient (Wildman–Crippen LogP) is 2.54. The zero-order valence-electron chi connectivity index (χ0n) is 12.8. The summed E-state index contributed by atoms with van der Waals surface area (Å²) in [5, 5.41) is 14.0. The first-order chi connectivity index (χ1) is 9.35. The van der Waals surface area contributed by atoms with Crippen molar-refractivity contribution >= 4 is 17.5 Å². The number of nitro groups is 1. The molecule has 0 saturated heterocycles. The van der Waals surface area contributed by atoms with Crippen LogP contribution < -0.4 is 10.2 Å². The van der Waals surface area contributed by atoms with Crippen LogP contribution in [0.1, 0.15) is 27.7 Å². The standard InChI is InChI=1S/C13H23N5O2/c1-9(2)7-17(8-10(3)4)12-11(18(19)20)6-15-13(14-5)16-12/h6,9-10H,7-8H2,1-5H3,(H,14,15,16). The van der Waals surface area contributed by atoms with Gasteiger partial charge in [-0.25, -0.2) is 4.98 Å². The molecule has 0 spiro atoms. The van der Waals surface area contributed by atoms with Gasteiger partial charge in [-0.2, -0.15) is 4.98 Å². The van der Waals surface area contributed by atoms with Crippen molar-refractivity contribution in [2.45, 2.75) is 27.7 Å². The molecule has 7 heteroatoms. The van der Waals surface area contributed by atoms with Crippen LogP contribution in [-0.2, 0) is 0 Å². The van der Waals surface area contributed by atoms with Crippen LogP contribution in [0, 0.1) is 22.0 Å². The minimum Gasteiger partial charge on any atom is -0.357 e. The van der Waals surface area contributed by atoms with E-state index in [-0.39, 0.29) is 5.69 Å². The first-order valence-corrected chi connectivity index (χ1v) is 6.79. The summed E-state index contributed by atoms with van der Waals surface area (Å²) in [5.74, 6) is 1.56. The summed E-state index contributed by atoms with van der Waals surface area (Å²) < 4.78 is 0. The van der Waals surface area contributed by atoms with Crippen molar-refractivity contribution < 1.29 is 4.92 Å². The molecule has 0 radical (unpaired) electrons. The van der Waals surface area contributed by atoms with Gasteiger partial charge in [0.1, 0.15) is 6.20 Å². The van der Waals surface area contributed by atoms with E-state index in [9.17, 15) is 10.1 Å². The number of nitrogens with one attached hydrogen (secondary N) is 1. The van der Waals surface area contributed by atoms with Gasteiger partial charge in [0.25, 0.3) is 0 Å². The van der Waals surface area contributed by atoms with E-state index in [0.717, 1.165) is 13.1 Å². The smallest absolute Gasteiger partial charge is 0.329 e. The van der Waals surface area contributed by atoms with E-state index in [2.05, 4.69) is 43.0 Å². The summed E-state index contributed by atoms with van der Waals surface area (Å²) in [5.41, 5.74) is -0.0506. The van der Waals surface area contributed by atoms with Crippen molar-refractivity contribution in [2.75, 3.05) is 30.4 Å². The van der Waals surface area contributed by atoms with Gasteiger partial charge in [-0.15, -0.1) is 0 Å². The fraction of sp³-hybridized carbons (Fsp3) is 0.692. The molecular weight excluding hydrogens is 258 g/mol. The summed E-state index contributed by atoms with van der Waals surface area (Å²) >= 11 is 0. The highest BCUT2D eigenvalue weighted by molar-refractivity contribution is 5.59. The van der Waals surface area contributed by atoms with Crippen LogP contribution in [0.3, 0.4) is 0 Å². The Morgan fingerprint density at radius 3 is 2.25 bits per heavy atom. The molecule has 0 unspecified atom stereocenters. The predicted molar refractivity (Wildman–Crippen MR) is 80.1 cm³/mol. The van der Waals surface area contributed by atoms with Gasteiger partial charge in [0.05, 0.1) is 4.92 Å². The average Bonchev–Trinajstić information content (AvgIpc) is 2.36. The summed E-state index contributed by atoms with van der Waals surface area (Å²) in [4.78, 5) is 20.9. The molecule has 1 heterocycles. The molecule has 20 heavy (non-hydrogen) atoms. The van der Waals surface area contributed by atoms with Crippen LogP contribution >= 0.6 is 0 Å². The highest BCUT2D eigenvalue weighted by atomic mass is 16.6. The molecule has 0 bridgehead atoms. The quantitative estimate of drug-likeness (QED) is 0.610. The van der Waals surface area contributed by atoms with Crippen LogP contribution in [0.15, 0.2) is 6.20 Å². The molecule has 1 aromatic rings. The molecule has 0 saturated carbocycles. The van der Waals surface area contributed by atoms with Crippen molar-refractivity contribution in [3.63, 3.8) is 0 Å². The lowest BCUT2D eigenvalue weighted by atomic mass is 10.1. The first-order valence-electron chi connectivity index (χ1n) is 6.79. The Bertz CT molecular complexity index is 452. The Morgan fingerprint density at radius 1 is 1.30 bits per heavy atom. The lowest BCUT2D eigenvalue weighted by Crippen LogP contribution is -2.32. The molecule has 0 atom stereocenters. The topological polar surface area (TPSA) is 84.2 Å². The van der Waals surface area contributed by atoms with Gasteiger partial charge in [-0.1, -0.05) is 27.7 Å². The van der Waals surface area contributed by atoms with Gasteiger partial charge in [-0.05, 0) is 11.8 Å². The fourth-order valence-electron chi connectivity index (χ4n) is 1.98. The van der Waals surface area contributed by atoms with Crippen LogP contribution in [-0.4, -0.2) is 35.0 Å². The third-order valence-corrected chi connectivity index (χ3v) is 2.64. The third-order valence-electron chi connectivity index (χ3n) is 2.64. The van der Waals surface area contributed by atoms with E-state index in [1.54, 1.807) is 7.05 Å². The summed E-state index contributed by atoms with van der Waals surface area (Å²) in [6.45, 7) is 9.77. The average molecular weight is 281 g/mol. The Balaban J connectivity index is 3.23. The second-order valence-electron chi connectivity index (χ2n) is 5.60. The van der Waals surface area contributed by atoms with Crippen LogP contribution in [0.25, 0.3) is 0 Å². The highest BCUT2D eigenvalue weighted by Crippen LogP contribution is 2.27. The number of anilines is 2. The molecule has 0 fully saturated rings. The molecular formula is C13H23N5O2. The summed E-state index contributed by atoms with van der Waals surface area (Å²) in [7, 11) is 1.69. The van der Waals surface area contributed by atoms with E-state index >= 15 is 0 Å². The lowest BCUT2D eigenvalue weighted by Gasteiger charge is -2.27. The summed E-state index contributed by atoms with van der Waals surface area (Å²) in [6, 6.07) is 0. The molecule has 0 aliphatic rings. The number of hydrogen-bond donors (Lipinski definition) is 1. The number of nitrogens with zero attached hydrogens (tertiary/aromatic N) is 4. The molecule has 0 aliphatic heterocycles. The zero-order valence-corrected chi connectivity index (χ0v) is 12.8. The van der Waals surface area contributed by atoms with Crippen molar-refractivity contribution in [3.8, 4) is 0 Å². The van der Waals surface area contributed by atoms with Gasteiger partial charge in [0.15, 0.2) is 0 Å². The molecule has 112 valence electrons. The Labute approximate surface area is 119 Å². The van der Waals surface area contributed by atoms with Gasteiger partial charge in [0.2, 0.25) is 11.8 Å². The Hall–Kier alpha value is -1.92. The second-order valence-corrected chi connectivity index (χ2v) is 5.60. The van der Waals surface area contributed by atoms with E-state index < -0.39 is 4.92 Å². The maximum absolute atomic E-state index is 11.2. The Kier molecular flexibility index (Phi) is 5.66. The SMILES string of the molecule is CNc1ncc([N+](=O)[O-])c(N(CC(C)C)CC(C)C)n1. The molecule has 0 aliphatic carbocycles. The monoisotopic (exact) mass is 281 g/mol. The Morgan fingerprint density at radius 2 is 1.85 bits per heavy atom. The molecule has 0 aromatic carbocycles.